The van der Waals surface area contributed by atoms with Gasteiger partial charge in [0.1, 0.15) is 0 Å². The van der Waals surface area contributed by atoms with Crippen LogP contribution in [-0.2, 0) is 3.74 Å². The SMILES string of the molecule is C[NH3+].C[NH3+].C[NH3+].O=[As]([O-])([O-])[O-]. The molecule has 74 valence electrons. The molecule has 0 spiro atoms. The molecule has 0 rings (SSSR count). The first kappa shape index (κ1) is 22.5. The van der Waals surface area contributed by atoms with Crippen LogP contribution in [0, 0.1) is 0 Å². The first-order chi connectivity index (χ1) is 5.00. The third-order valence-corrected chi connectivity index (χ3v) is 0. The maximum atomic E-state index is 8.61. The van der Waals surface area contributed by atoms with Crippen LogP contribution in [-0.4, -0.2) is 35.7 Å². The van der Waals surface area contributed by atoms with Crippen LogP contribution in [0.15, 0.2) is 0 Å². The van der Waals surface area contributed by atoms with E-state index in [0.717, 1.165) is 0 Å². The van der Waals surface area contributed by atoms with Crippen LogP contribution in [0.4, 0.5) is 0 Å². The molecule has 0 radical (unpaired) electrons. The maximum absolute atomic E-state index is 8.61. The summed E-state index contributed by atoms with van der Waals surface area (Å²) in [4.78, 5) is 0. The van der Waals surface area contributed by atoms with Crippen LogP contribution in [0.3, 0.4) is 0 Å². The van der Waals surface area contributed by atoms with Gasteiger partial charge in [-0.3, -0.25) is 0 Å². The van der Waals surface area contributed by atoms with Gasteiger partial charge >= 0.3 is 30.5 Å². The first-order valence-corrected chi connectivity index (χ1v) is 5.92. The predicted octanol–water partition coefficient (Wildman–Crippen LogP) is -7.49. The Bertz CT molecular complexity index is 66.7. The summed E-state index contributed by atoms with van der Waals surface area (Å²) in [5.74, 6) is 0. The van der Waals surface area contributed by atoms with E-state index in [1.54, 1.807) is 21.1 Å². The Hall–Kier alpha value is 0.118. The molecule has 0 aromatic carbocycles. The van der Waals surface area contributed by atoms with E-state index in [-0.39, 0.29) is 0 Å². The molecule has 0 bridgehead atoms. The third kappa shape index (κ3) is 47500. The van der Waals surface area contributed by atoms with Crippen LogP contribution in [0.25, 0.3) is 0 Å². The molecule has 0 aromatic rings. The normalized spacial score (nSPS) is 7.00. The fourth-order valence-corrected chi connectivity index (χ4v) is 0. The second kappa shape index (κ2) is 22.5. The Labute approximate surface area is 69.5 Å². The van der Waals surface area contributed by atoms with E-state index < -0.39 is 14.5 Å². The van der Waals surface area contributed by atoms with Gasteiger partial charge in [0.15, 0.2) is 0 Å². The fourth-order valence-electron chi connectivity index (χ4n) is 0. The summed E-state index contributed by atoms with van der Waals surface area (Å²) in [5, 5.41) is 0. The van der Waals surface area contributed by atoms with E-state index in [1.807, 2.05) is 0 Å². The molecule has 0 heterocycles. The van der Waals surface area contributed by atoms with Gasteiger partial charge in [-0.1, -0.05) is 0 Å². The monoisotopic (exact) mass is 235 g/mol. The van der Waals surface area contributed by atoms with Crippen LogP contribution >= 0.6 is 0 Å². The number of hydrogen-bond acceptors (Lipinski definition) is 4. The van der Waals surface area contributed by atoms with Crippen molar-refractivity contribution < 1.29 is 33.2 Å². The number of quaternary nitrogens is 3. The molecule has 0 amide bonds. The zero-order chi connectivity index (χ0) is 10.5. The van der Waals surface area contributed by atoms with Gasteiger partial charge in [-0.2, -0.15) is 0 Å². The molecule has 0 atom stereocenters. The van der Waals surface area contributed by atoms with Gasteiger partial charge in [0.05, 0.1) is 21.1 Å². The first-order valence-electron chi connectivity index (χ1n) is 2.85. The van der Waals surface area contributed by atoms with Crippen molar-refractivity contribution in [3.8, 4) is 0 Å². The van der Waals surface area contributed by atoms with E-state index >= 15 is 0 Å². The summed E-state index contributed by atoms with van der Waals surface area (Å²) in [6.07, 6.45) is 0. The van der Waals surface area contributed by atoms with Gasteiger partial charge in [0.25, 0.3) is 0 Å². The fraction of sp³-hybridized carbons (Fsp3) is 1.00. The minimum atomic E-state index is -5.88. The summed E-state index contributed by atoms with van der Waals surface area (Å²) < 4.78 is 34.4. The number of hydrogen-bond donors (Lipinski definition) is 3. The van der Waals surface area contributed by atoms with E-state index in [0.29, 0.717) is 0 Å². The van der Waals surface area contributed by atoms with Crippen molar-refractivity contribution in [3.63, 3.8) is 0 Å². The van der Waals surface area contributed by atoms with Crippen molar-refractivity contribution in [2.24, 2.45) is 0 Å². The van der Waals surface area contributed by atoms with E-state index in [9.17, 15) is 0 Å². The van der Waals surface area contributed by atoms with Crippen molar-refractivity contribution in [1.29, 1.82) is 0 Å². The Balaban J connectivity index is -0.0000000350. The molecule has 0 saturated carbocycles. The van der Waals surface area contributed by atoms with Crippen molar-refractivity contribution in [3.05, 3.63) is 0 Å². The molecule has 0 unspecified atom stereocenters. The molecular weight excluding hydrogens is 217 g/mol. The van der Waals surface area contributed by atoms with Gasteiger partial charge in [-0.15, -0.1) is 0 Å². The molecule has 0 aromatic heterocycles. The molecule has 0 saturated heterocycles. The predicted molar refractivity (Wildman–Crippen MR) is 32.9 cm³/mol. The quantitative estimate of drug-likeness (QED) is 0.354. The van der Waals surface area contributed by atoms with Gasteiger partial charge in [-0.05, 0) is 0 Å². The zero-order valence-electron chi connectivity index (χ0n) is 7.20. The molecule has 8 heteroatoms. The zero-order valence-corrected chi connectivity index (χ0v) is 9.08. The molecular formula is C3H18AsN3O4. The van der Waals surface area contributed by atoms with Crippen LogP contribution in [0.5, 0.6) is 0 Å². The second-order valence-corrected chi connectivity index (χ2v) is 2.32. The summed E-state index contributed by atoms with van der Waals surface area (Å²) in [7, 11) is 5.25. The molecule has 0 aliphatic carbocycles. The summed E-state index contributed by atoms with van der Waals surface area (Å²) in [6.45, 7) is 0. The molecule has 9 N–H and O–H groups in total. The Kier molecular flexibility index (Phi) is 45.9. The average Bonchev–Trinajstić information content (AvgIpc) is 1.96. The molecule has 7 nitrogen and oxygen atoms in total. The van der Waals surface area contributed by atoms with Crippen molar-refractivity contribution >= 4 is 14.5 Å². The third-order valence-electron chi connectivity index (χ3n) is 0. The van der Waals surface area contributed by atoms with Crippen LogP contribution in [0.2, 0.25) is 0 Å². The summed E-state index contributed by atoms with van der Waals surface area (Å²) in [6, 6.07) is 0. The number of rotatable bonds is 0. The van der Waals surface area contributed by atoms with E-state index in [4.69, 9.17) is 16.0 Å². The Morgan fingerprint density at radius 1 is 0.818 bits per heavy atom. The van der Waals surface area contributed by atoms with Gasteiger partial charge < -0.3 is 17.2 Å². The van der Waals surface area contributed by atoms with Crippen molar-refractivity contribution in [2.45, 2.75) is 0 Å². The Morgan fingerprint density at radius 2 is 0.818 bits per heavy atom. The second-order valence-electron chi connectivity index (χ2n) is 0.447. The van der Waals surface area contributed by atoms with Gasteiger partial charge in [0.2, 0.25) is 0 Å². The van der Waals surface area contributed by atoms with Crippen LogP contribution in [0.1, 0.15) is 0 Å². The topological polar surface area (TPSA) is 169 Å². The molecule has 11 heavy (non-hydrogen) atoms. The van der Waals surface area contributed by atoms with Gasteiger partial charge in [0, 0.05) is 0 Å². The van der Waals surface area contributed by atoms with E-state index in [2.05, 4.69) is 17.2 Å². The summed E-state index contributed by atoms with van der Waals surface area (Å²) >= 11 is -5.88. The standard InChI is InChI=1S/3CH5N.AsH3O4/c3*1-2;2-1(3,4)5/h3*2H2,1H3;(H3,2,3,4,5). The van der Waals surface area contributed by atoms with Crippen LogP contribution < -0.4 is 29.5 Å². The van der Waals surface area contributed by atoms with E-state index in [1.165, 1.54) is 0 Å². The van der Waals surface area contributed by atoms with Crippen molar-refractivity contribution in [2.75, 3.05) is 21.1 Å². The minimum absolute atomic E-state index is 1.75. The molecule has 0 aliphatic rings. The summed E-state index contributed by atoms with van der Waals surface area (Å²) in [5.41, 5.74) is 9.75. The van der Waals surface area contributed by atoms with Gasteiger partial charge in [-0.25, -0.2) is 0 Å². The molecule has 0 fully saturated rings. The van der Waals surface area contributed by atoms with Crippen molar-refractivity contribution in [1.82, 2.24) is 0 Å². The Morgan fingerprint density at radius 3 is 0.818 bits per heavy atom. The molecule has 0 aliphatic heterocycles. The average molecular weight is 235 g/mol.